The number of benzene rings is 1. The van der Waals surface area contributed by atoms with E-state index in [1.54, 1.807) is 24.3 Å². The summed E-state index contributed by atoms with van der Waals surface area (Å²) in [5, 5.41) is 5.81. The molecule has 0 radical (unpaired) electrons. The van der Waals surface area contributed by atoms with Crippen molar-refractivity contribution >= 4 is 23.4 Å². The van der Waals surface area contributed by atoms with E-state index < -0.39 is 0 Å². The third-order valence-electron chi connectivity index (χ3n) is 4.90. The molecule has 0 bridgehead atoms. The average molecular weight is 372 g/mol. The number of nitrogens with zero attached hydrogens (tertiary/aromatic N) is 2. The van der Waals surface area contributed by atoms with Crippen molar-refractivity contribution in [3.8, 4) is 0 Å². The van der Waals surface area contributed by atoms with Crippen LogP contribution in [0, 0.1) is 5.92 Å². The average Bonchev–Trinajstić information content (AvgIpc) is 3.46. The van der Waals surface area contributed by atoms with E-state index in [0.29, 0.717) is 37.4 Å². The lowest BCUT2D eigenvalue weighted by Gasteiger charge is -2.35. The van der Waals surface area contributed by atoms with Crippen LogP contribution in [0.4, 0.5) is 5.69 Å². The minimum Gasteiger partial charge on any atom is -0.349 e. The van der Waals surface area contributed by atoms with Crippen LogP contribution in [0.5, 0.6) is 0 Å². The molecule has 1 saturated carbocycles. The van der Waals surface area contributed by atoms with Crippen LogP contribution >= 0.6 is 0 Å². The van der Waals surface area contributed by atoms with Crippen LogP contribution in [0.2, 0.25) is 0 Å². The van der Waals surface area contributed by atoms with Crippen molar-refractivity contribution in [2.24, 2.45) is 5.92 Å². The molecule has 1 aliphatic heterocycles. The number of hydrogen-bond acceptors (Lipinski definition) is 4. The van der Waals surface area contributed by atoms with Gasteiger partial charge in [-0.2, -0.15) is 0 Å². The first kappa shape index (κ1) is 19.4. The number of anilines is 1. The molecule has 0 spiro atoms. The van der Waals surface area contributed by atoms with Gasteiger partial charge < -0.3 is 15.5 Å². The summed E-state index contributed by atoms with van der Waals surface area (Å²) in [5.74, 6) is -0.132. The zero-order valence-electron chi connectivity index (χ0n) is 16.0. The smallest absolute Gasteiger partial charge is 0.253 e. The van der Waals surface area contributed by atoms with E-state index in [-0.39, 0.29) is 36.2 Å². The standard InChI is InChI=1S/C20H28N4O3/c1-14(2)20(27)24-11-9-23(10-12-24)13-18(25)22-17-6-4-3-5-16(17)19(26)21-15-7-8-15/h3-6,14-15H,7-13H2,1-2H3,(H,21,26)(H,22,25). The van der Waals surface area contributed by atoms with Gasteiger partial charge in [-0.05, 0) is 25.0 Å². The Hall–Kier alpha value is -2.41. The highest BCUT2D eigenvalue weighted by molar-refractivity contribution is 6.04. The van der Waals surface area contributed by atoms with Crippen LogP contribution in [0.15, 0.2) is 24.3 Å². The molecular formula is C20H28N4O3. The van der Waals surface area contributed by atoms with Crippen molar-refractivity contribution in [3.63, 3.8) is 0 Å². The molecule has 2 aliphatic rings. The topological polar surface area (TPSA) is 81.8 Å². The van der Waals surface area contributed by atoms with Gasteiger partial charge >= 0.3 is 0 Å². The first-order valence-corrected chi connectivity index (χ1v) is 9.65. The fourth-order valence-corrected chi connectivity index (χ4v) is 3.17. The van der Waals surface area contributed by atoms with Crippen molar-refractivity contribution in [1.82, 2.24) is 15.1 Å². The summed E-state index contributed by atoms with van der Waals surface area (Å²) in [7, 11) is 0. The van der Waals surface area contributed by atoms with Crippen LogP contribution in [0.3, 0.4) is 0 Å². The maximum Gasteiger partial charge on any atom is 0.253 e. The van der Waals surface area contributed by atoms with Gasteiger partial charge in [0.15, 0.2) is 0 Å². The van der Waals surface area contributed by atoms with Gasteiger partial charge in [0, 0.05) is 38.1 Å². The Balaban J connectivity index is 1.51. The molecule has 1 saturated heterocycles. The number of nitrogens with one attached hydrogen (secondary N) is 2. The van der Waals surface area contributed by atoms with Gasteiger partial charge in [0.25, 0.3) is 5.91 Å². The molecule has 3 rings (SSSR count). The summed E-state index contributed by atoms with van der Waals surface area (Å²) in [6, 6.07) is 7.34. The number of para-hydroxylation sites is 1. The molecule has 7 heteroatoms. The normalized spacial score (nSPS) is 17.7. The molecule has 0 aromatic heterocycles. The van der Waals surface area contributed by atoms with Crippen LogP contribution in [0.1, 0.15) is 37.0 Å². The number of carbonyl (C=O) groups is 3. The Kier molecular flexibility index (Phi) is 6.11. The molecule has 146 valence electrons. The number of carbonyl (C=O) groups excluding carboxylic acids is 3. The Labute approximate surface area is 160 Å². The molecule has 7 nitrogen and oxygen atoms in total. The summed E-state index contributed by atoms with van der Waals surface area (Å²) < 4.78 is 0. The van der Waals surface area contributed by atoms with Crippen molar-refractivity contribution < 1.29 is 14.4 Å². The molecule has 1 aliphatic carbocycles. The maximum atomic E-state index is 12.4. The zero-order chi connectivity index (χ0) is 19.4. The summed E-state index contributed by atoms with van der Waals surface area (Å²) >= 11 is 0. The first-order valence-electron chi connectivity index (χ1n) is 9.65. The van der Waals surface area contributed by atoms with E-state index in [2.05, 4.69) is 10.6 Å². The lowest BCUT2D eigenvalue weighted by Crippen LogP contribution is -2.51. The second-order valence-electron chi connectivity index (χ2n) is 7.60. The van der Waals surface area contributed by atoms with Crippen molar-refractivity contribution in [2.75, 3.05) is 38.0 Å². The Morgan fingerprint density at radius 1 is 1.07 bits per heavy atom. The Morgan fingerprint density at radius 3 is 2.37 bits per heavy atom. The van der Waals surface area contributed by atoms with Crippen molar-refractivity contribution in [2.45, 2.75) is 32.7 Å². The van der Waals surface area contributed by atoms with E-state index >= 15 is 0 Å². The summed E-state index contributed by atoms with van der Waals surface area (Å²) in [6.45, 7) is 6.70. The maximum absolute atomic E-state index is 12.4. The summed E-state index contributed by atoms with van der Waals surface area (Å²) in [4.78, 5) is 40.7. The molecule has 1 aromatic carbocycles. The highest BCUT2D eigenvalue weighted by atomic mass is 16.2. The van der Waals surface area contributed by atoms with Crippen molar-refractivity contribution in [3.05, 3.63) is 29.8 Å². The van der Waals surface area contributed by atoms with Gasteiger partial charge in [0.05, 0.1) is 17.8 Å². The second-order valence-corrected chi connectivity index (χ2v) is 7.60. The molecule has 0 unspecified atom stereocenters. The van der Waals surface area contributed by atoms with E-state index in [1.807, 2.05) is 23.6 Å². The minimum absolute atomic E-state index is 0.00173. The second kappa shape index (κ2) is 8.52. The van der Waals surface area contributed by atoms with Crippen molar-refractivity contribution in [1.29, 1.82) is 0 Å². The van der Waals surface area contributed by atoms with E-state index in [1.165, 1.54) is 0 Å². The van der Waals surface area contributed by atoms with Gasteiger partial charge in [0.1, 0.15) is 0 Å². The molecule has 3 amide bonds. The predicted molar refractivity (Wildman–Crippen MR) is 103 cm³/mol. The van der Waals surface area contributed by atoms with Crippen LogP contribution in [-0.4, -0.2) is 66.3 Å². The molecular weight excluding hydrogens is 344 g/mol. The predicted octanol–water partition coefficient (Wildman–Crippen LogP) is 1.32. The van der Waals surface area contributed by atoms with Crippen LogP contribution < -0.4 is 10.6 Å². The summed E-state index contributed by atoms with van der Waals surface area (Å²) in [6.07, 6.45) is 2.04. The minimum atomic E-state index is -0.148. The highest BCUT2D eigenvalue weighted by Gasteiger charge is 2.26. The number of piperazine rings is 1. The molecule has 27 heavy (non-hydrogen) atoms. The first-order chi connectivity index (χ1) is 12.9. The largest absolute Gasteiger partial charge is 0.349 e. The van der Waals surface area contributed by atoms with Gasteiger partial charge in [0.2, 0.25) is 11.8 Å². The molecule has 2 N–H and O–H groups in total. The monoisotopic (exact) mass is 372 g/mol. The third kappa shape index (κ3) is 5.29. The third-order valence-corrected chi connectivity index (χ3v) is 4.90. The Morgan fingerprint density at radius 2 is 1.74 bits per heavy atom. The highest BCUT2D eigenvalue weighted by Crippen LogP contribution is 2.21. The lowest BCUT2D eigenvalue weighted by molar-refractivity contribution is -0.136. The molecule has 0 atom stereocenters. The van der Waals surface area contributed by atoms with E-state index in [9.17, 15) is 14.4 Å². The molecule has 2 fully saturated rings. The molecule has 1 aromatic rings. The number of amides is 3. The molecule has 1 heterocycles. The van der Waals surface area contributed by atoms with Gasteiger partial charge in [-0.15, -0.1) is 0 Å². The van der Waals surface area contributed by atoms with E-state index in [4.69, 9.17) is 0 Å². The SMILES string of the molecule is CC(C)C(=O)N1CCN(CC(=O)Nc2ccccc2C(=O)NC2CC2)CC1. The van der Waals surface area contributed by atoms with Gasteiger partial charge in [-0.3, -0.25) is 19.3 Å². The Bertz CT molecular complexity index is 707. The number of rotatable bonds is 6. The van der Waals surface area contributed by atoms with Gasteiger partial charge in [-0.25, -0.2) is 0 Å². The fourth-order valence-electron chi connectivity index (χ4n) is 3.17. The lowest BCUT2D eigenvalue weighted by atomic mass is 10.1. The summed E-state index contributed by atoms with van der Waals surface area (Å²) in [5.41, 5.74) is 1.03. The van der Waals surface area contributed by atoms with Gasteiger partial charge in [-0.1, -0.05) is 26.0 Å². The van der Waals surface area contributed by atoms with Crippen LogP contribution in [0.25, 0.3) is 0 Å². The zero-order valence-corrected chi connectivity index (χ0v) is 16.0. The van der Waals surface area contributed by atoms with E-state index in [0.717, 1.165) is 12.8 Å². The number of hydrogen-bond donors (Lipinski definition) is 2. The quantitative estimate of drug-likeness (QED) is 0.789. The fraction of sp³-hybridized carbons (Fsp3) is 0.550. The van der Waals surface area contributed by atoms with Crippen LogP contribution in [-0.2, 0) is 9.59 Å².